The summed E-state index contributed by atoms with van der Waals surface area (Å²) in [5, 5.41) is 50.2. The van der Waals surface area contributed by atoms with Gasteiger partial charge in [0.15, 0.2) is 17.7 Å². The van der Waals surface area contributed by atoms with Crippen molar-refractivity contribution in [2.45, 2.75) is 55.9 Å². The molecule has 0 amide bonds. The number of aliphatic hydroxyl groups excluding tert-OH is 4. The quantitative estimate of drug-likeness (QED) is 0.306. The average Bonchev–Trinajstić information content (AvgIpc) is 2.91. The fourth-order valence-electron chi connectivity index (χ4n) is 4.02. The van der Waals surface area contributed by atoms with E-state index in [1.54, 1.807) is 6.92 Å². The van der Waals surface area contributed by atoms with E-state index in [-0.39, 0.29) is 12.0 Å². The number of Topliss-reactive ketones (excluding diaryl/α,β-unsaturated/α-hetero) is 1. The lowest BCUT2D eigenvalue weighted by atomic mass is 9.79. The molecule has 0 aromatic heterocycles. The van der Waals surface area contributed by atoms with Crippen molar-refractivity contribution in [3.05, 3.63) is 11.8 Å². The molecule has 0 radical (unpaired) electrons. The van der Waals surface area contributed by atoms with Crippen molar-refractivity contribution in [2.24, 2.45) is 11.8 Å². The minimum absolute atomic E-state index is 0.0482. The van der Waals surface area contributed by atoms with Gasteiger partial charge in [-0.15, -0.1) is 0 Å². The summed E-state index contributed by atoms with van der Waals surface area (Å²) in [4.78, 5) is 24.5. The van der Waals surface area contributed by atoms with Gasteiger partial charge >= 0.3 is 5.97 Å². The van der Waals surface area contributed by atoms with Gasteiger partial charge in [0.1, 0.15) is 36.3 Å². The van der Waals surface area contributed by atoms with E-state index in [9.17, 15) is 35.1 Å². The van der Waals surface area contributed by atoms with Crippen LogP contribution in [0.5, 0.6) is 0 Å². The lowest BCUT2D eigenvalue weighted by Gasteiger charge is -2.44. The van der Waals surface area contributed by atoms with Crippen LogP contribution in [-0.2, 0) is 28.5 Å². The van der Waals surface area contributed by atoms with Crippen LogP contribution in [-0.4, -0.2) is 93.6 Å². The number of ether oxygens (including phenoxy) is 4. The van der Waals surface area contributed by atoms with Gasteiger partial charge in [0.25, 0.3) is 0 Å². The molecule has 3 aliphatic rings. The molecule has 11 heteroatoms. The third-order valence-electron chi connectivity index (χ3n) is 5.57. The second kappa shape index (κ2) is 7.67. The molecule has 0 bridgehead atoms. The van der Waals surface area contributed by atoms with Gasteiger partial charge in [-0.05, 0) is 5.92 Å². The lowest BCUT2D eigenvalue weighted by molar-refractivity contribution is -0.346. The molecule has 1 saturated carbocycles. The highest BCUT2D eigenvalue weighted by Crippen LogP contribution is 2.48. The van der Waals surface area contributed by atoms with Crippen LogP contribution in [0.15, 0.2) is 11.8 Å². The van der Waals surface area contributed by atoms with Gasteiger partial charge in [0, 0.05) is 6.42 Å². The van der Waals surface area contributed by atoms with Crippen LogP contribution < -0.4 is 0 Å². The summed E-state index contributed by atoms with van der Waals surface area (Å²) in [6, 6.07) is 0. The van der Waals surface area contributed by atoms with Gasteiger partial charge in [-0.25, -0.2) is 4.79 Å². The zero-order chi connectivity index (χ0) is 20.8. The summed E-state index contributed by atoms with van der Waals surface area (Å²) in [6.07, 6.45) is -8.14. The van der Waals surface area contributed by atoms with Crippen LogP contribution in [0.4, 0.5) is 0 Å². The zero-order valence-electron chi connectivity index (χ0n) is 15.3. The van der Waals surface area contributed by atoms with E-state index in [0.29, 0.717) is 0 Å². The number of carbonyl (C=O) groups excluding carboxylic acids is 2. The number of ketones is 1. The number of hydrogen-bond acceptors (Lipinski definition) is 11. The van der Waals surface area contributed by atoms with Crippen molar-refractivity contribution >= 4 is 11.8 Å². The van der Waals surface area contributed by atoms with Crippen molar-refractivity contribution in [3.63, 3.8) is 0 Å². The molecule has 2 aliphatic heterocycles. The monoisotopic (exact) mass is 404 g/mol. The SMILES string of the molecule is COC(=O)C1=COC(O[C@H]2O[C@@H](CO)[C@H](O)[C@@H](O)[C@@H]2O)C2C(C)CC(=O)C12O. The van der Waals surface area contributed by atoms with E-state index in [1.165, 1.54) is 0 Å². The molecule has 3 rings (SSSR count). The molecule has 11 nitrogen and oxygen atoms in total. The number of rotatable bonds is 4. The first kappa shape index (κ1) is 21.1. The fourth-order valence-corrected chi connectivity index (χ4v) is 4.02. The Balaban J connectivity index is 1.88. The van der Waals surface area contributed by atoms with Crippen LogP contribution in [0.1, 0.15) is 13.3 Å². The Kier molecular flexibility index (Phi) is 5.79. The van der Waals surface area contributed by atoms with E-state index in [4.69, 9.17) is 14.2 Å². The Labute approximate surface area is 160 Å². The van der Waals surface area contributed by atoms with Crippen LogP contribution in [0.3, 0.4) is 0 Å². The van der Waals surface area contributed by atoms with Gasteiger partial charge < -0.3 is 44.5 Å². The van der Waals surface area contributed by atoms with Crippen LogP contribution >= 0.6 is 0 Å². The van der Waals surface area contributed by atoms with Gasteiger partial charge in [-0.1, -0.05) is 6.92 Å². The summed E-state index contributed by atoms with van der Waals surface area (Å²) >= 11 is 0. The Morgan fingerprint density at radius 1 is 1.25 bits per heavy atom. The summed E-state index contributed by atoms with van der Waals surface area (Å²) in [7, 11) is 1.10. The maximum atomic E-state index is 12.5. The van der Waals surface area contributed by atoms with Crippen LogP contribution in [0.25, 0.3) is 0 Å². The predicted octanol–water partition coefficient (Wildman–Crippen LogP) is -2.83. The molecule has 28 heavy (non-hydrogen) atoms. The number of hydrogen-bond donors (Lipinski definition) is 5. The summed E-state index contributed by atoms with van der Waals surface area (Å²) in [5.41, 5.74) is -2.56. The predicted molar refractivity (Wildman–Crippen MR) is 87.1 cm³/mol. The number of esters is 1. The minimum Gasteiger partial charge on any atom is -0.471 e. The minimum atomic E-state index is -2.20. The van der Waals surface area contributed by atoms with Crippen LogP contribution in [0.2, 0.25) is 0 Å². The Hall–Kier alpha value is -1.60. The average molecular weight is 404 g/mol. The second-order valence-electron chi connectivity index (χ2n) is 7.26. The van der Waals surface area contributed by atoms with E-state index in [1.807, 2.05) is 0 Å². The first-order chi connectivity index (χ1) is 13.2. The summed E-state index contributed by atoms with van der Waals surface area (Å²) in [5.74, 6) is -3.01. The maximum Gasteiger partial charge on any atom is 0.340 e. The van der Waals surface area contributed by atoms with Crippen molar-refractivity contribution in [2.75, 3.05) is 13.7 Å². The third kappa shape index (κ3) is 3.12. The van der Waals surface area contributed by atoms with Crippen molar-refractivity contribution in [1.29, 1.82) is 0 Å². The molecule has 0 aromatic rings. The van der Waals surface area contributed by atoms with Crippen LogP contribution in [0, 0.1) is 11.8 Å². The smallest absolute Gasteiger partial charge is 0.340 e. The molecule has 4 unspecified atom stereocenters. The normalized spacial score (nSPS) is 45.8. The second-order valence-corrected chi connectivity index (χ2v) is 7.26. The highest BCUT2D eigenvalue weighted by atomic mass is 16.8. The van der Waals surface area contributed by atoms with Crippen molar-refractivity contribution in [1.82, 2.24) is 0 Å². The van der Waals surface area contributed by atoms with Crippen molar-refractivity contribution in [3.8, 4) is 0 Å². The molecule has 1 saturated heterocycles. The molecule has 0 aromatic carbocycles. The van der Waals surface area contributed by atoms with E-state index < -0.39 is 72.8 Å². The molecule has 2 fully saturated rings. The summed E-state index contributed by atoms with van der Waals surface area (Å²) in [6.45, 7) is 1.01. The molecule has 5 N–H and O–H groups in total. The number of fused-ring (bicyclic) bond motifs is 1. The van der Waals surface area contributed by atoms with Gasteiger partial charge in [-0.3, -0.25) is 4.79 Å². The molecule has 1 aliphatic carbocycles. The molecule has 2 heterocycles. The number of methoxy groups -OCH3 is 1. The molecule has 158 valence electrons. The van der Waals surface area contributed by atoms with Gasteiger partial charge in [0.05, 0.1) is 19.6 Å². The zero-order valence-corrected chi connectivity index (χ0v) is 15.3. The lowest BCUT2D eigenvalue weighted by Crippen LogP contribution is -2.61. The largest absolute Gasteiger partial charge is 0.471 e. The van der Waals surface area contributed by atoms with E-state index in [2.05, 4.69) is 4.74 Å². The first-order valence-corrected chi connectivity index (χ1v) is 8.82. The fraction of sp³-hybridized carbons (Fsp3) is 0.765. The Morgan fingerprint density at radius 3 is 2.54 bits per heavy atom. The van der Waals surface area contributed by atoms with Gasteiger partial charge in [-0.2, -0.15) is 0 Å². The maximum absolute atomic E-state index is 12.5. The summed E-state index contributed by atoms with van der Waals surface area (Å²) < 4.78 is 20.9. The highest BCUT2D eigenvalue weighted by molar-refractivity contribution is 6.04. The first-order valence-electron chi connectivity index (χ1n) is 8.82. The third-order valence-corrected chi connectivity index (χ3v) is 5.57. The molecule has 0 spiro atoms. The molecular formula is C17H24O11. The Morgan fingerprint density at radius 2 is 1.93 bits per heavy atom. The van der Waals surface area contributed by atoms with Gasteiger partial charge in [0.2, 0.25) is 6.29 Å². The van der Waals surface area contributed by atoms with E-state index in [0.717, 1.165) is 13.4 Å². The topological polar surface area (TPSA) is 172 Å². The molecular weight excluding hydrogens is 380 g/mol. The molecule has 9 atom stereocenters. The Bertz CT molecular complexity index is 661. The highest BCUT2D eigenvalue weighted by Gasteiger charge is 2.63. The van der Waals surface area contributed by atoms with Crippen molar-refractivity contribution < 1.29 is 54.1 Å². The van der Waals surface area contributed by atoms with E-state index >= 15 is 0 Å². The number of carbonyl (C=O) groups is 2. The number of aliphatic hydroxyl groups is 5. The standard InChI is InChI=1S/C17H24O11/c1-6-3-9(19)17(24)7(14(23)25-2)5-26-15(10(6)17)28-16-13(22)12(21)11(20)8(4-18)27-16/h5-6,8,10-13,15-16,18,20-22,24H,3-4H2,1-2H3/t6?,8-,10?,11-,12+,13-,15?,16+,17?/m0/s1.